The number of hydrogen-bond donors (Lipinski definition) is 1. The molecule has 1 fully saturated rings. The van der Waals surface area contributed by atoms with Crippen molar-refractivity contribution < 1.29 is 27.9 Å². The van der Waals surface area contributed by atoms with Crippen molar-refractivity contribution >= 4 is 17.6 Å². The van der Waals surface area contributed by atoms with Crippen molar-refractivity contribution in [2.24, 2.45) is 0 Å². The molecule has 0 aliphatic carbocycles. The number of nitrogens with zero attached hydrogens (tertiary/aromatic N) is 3. The van der Waals surface area contributed by atoms with Crippen molar-refractivity contribution in [1.29, 1.82) is 5.26 Å². The minimum Gasteiger partial charge on any atom is -0.390 e. The quantitative estimate of drug-likeness (QED) is 0.770. The average molecular weight is 417 g/mol. The van der Waals surface area contributed by atoms with E-state index >= 15 is 0 Å². The summed E-state index contributed by atoms with van der Waals surface area (Å²) in [4.78, 5) is 28.0. The molecule has 9 heteroatoms. The van der Waals surface area contributed by atoms with E-state index in [0.717, 1.165) is 17.0 Å². The highest BCUT2D eigenvalue weighted by Crippen LogP contribution is 2.46. The zero-order valence-electron chi connectivity index (χ0n) is 16.1. The van der Waals surface area contributed by atoms with Crippen molar-refractivity contribution in [1.82, 2.24) is 4.90 Å². The number of carbonyl (C=O) groups is 2. The Morgan fingerprint density at radius 2 is 1.77 bits per heavy atom. The van der Waals surface area contributed by atoms with Crippen LogP contribution in [0.2, 0.25) is 0 Å². The monoisotopic (exact) mass is 417 g/mol. The lowest BCUT2D eigenvalue weighted by molar-refractivity contribution is -0.137. The number of urea groups is 1. The molecule has 1 heterocycles. The maximum atomic E-state index is 13.8. The van der Waals surface area contributed by atoms with Crippen molar-refractivity contribution in [2.75, 3.05) is 11.9 Å². The molecule has 0 radical (unpaired) electrons. The topological polar surface area (TPSA) is 84.6 Å². The molecule has 0 saturated carbocycles. The summed E-state index contributed by atoms with van der Waals surface area (Å²) in [6.07, 6.45) is -6.29. The second kappa shape index (κ2) is 7.46. The number of benzene rings is 2. The molecule has 2 unspecified atom stereocenters. The van der Waals surface area contributed by atoms with Crippen LogP contribution in [0.5, 0.6) is 0 Å². The summed E-state index contributed by atoms with van der Waals surface area (Å²) in [5.74, 6) is -1.02. The van der Waals surface area contributed by atoms with E-state index in [4.69, 9.17) is 5.26 Å². The van der Waals surface area contributed by atoms with Gasteiger partial charge in [-0.25, -0.2) is 9.69 Å². The lowest BCUT2D eigenvalue weighted by Gasteiger charge is -2.37. The van der Waals surface area contributed by atoms with Crippen LogP contribution in [0, 0.1) is 11.3 Å². The predicted molar refractivity (Wildman–Crippen MR) is 101 cm³/mol. The fraction of sp³-hybridized carbons (Fsp3) is 0.286. The number of rotatable bonds is 4. The van der Waals surface area contributed by atoms with Crippen LogP contribution in [-0.2, 0) is 16.5 Å². The van der Waals surface area contributed by atoms with Gasteiger partial charge < -0.3 is 10.0 Å². The fourth-order valence-corrected chi connectivity index (χ4v) is 3.89. The Morgan fingerprint density at radius 1 is 1.13 bits per heavy atom. The first-order chi connectivity index (χ1) is 14.1. The Hall–Kier alpha value is -3.38. The minimum atomic E-state index is -4.98. The summed E-state index contributed by atoms with van der Waals surface area (Å²) in [6.45, 7) is 1.60. The van der Waals surface area contributed by atoms with Gasteiger partial charge >= 0.3 is 12.2 Å². The summed E-state index contributed by atoms with van der Waals surface area (Å²) in [5, 5.41) is 19.9. The van der Waals surface area contributed by atoms with Gasteiger partial charge in [-0.1, -0.05) is 43.3 Å². The first kappa shape index (κ1) is 21.3. The van der Waals surface area contributed by atoms with Crippen LogP contribution >= 0.6 is 0 Å². The number of halogens is 3. The van der Waals surface area contributed by atoms with Crippen molar-refractivity contribution in [3.63, 3.8) is 0 Å². The summed E-state index contributed by atoms with van der Waals surface area (Å²) in [5.41, 5.74) is -4.47. The molecule has 0 bridgehead atoms. The SMILES string of the molecule is CCC(O)C1(c2ccccc2)C(=O)N(c2cccc(C#N)c2C(F)(F)F)C(=O)N1C. The van der Waals surface area contributed by atoms with Crippen molar-refractivity contribution in [3.05, 3.63) is 65.2 Å². The van der Waals surface area contributed by atoms with Crippen LogP contribution in [0.15, 0.2) is 48.5 Å². The average Bonchev–Trinajstić information content (AvgIpc) is 2.93. The summed E-state index contributed by atoms with van der Waals surface area (Å²) >= 11 is 0. The number of aliphatic hydroxyl groups excluding tert-OH is 1. The standard InChI is InChI=1S/C21H18F3N3O3/c1-3-16(28)20(14-9-5-4-6-10-14)18(29)27(19(30)26(20)2)15-11-7-8-13(12-25)17(15)21(22,23)24/h4-11,16,28H,3H2,1-2H3. The predicted octanol–water partition coefficient (Wildman–Crippen LogP) is 3.64. The third kappa shape index (κ3) is 2.92. The molecule has 30 heavy (non-hydrogen) atoms. The first-order valence-electron chi connectivity index (χ1n) is 9.08. The molecule has 0 aromatic heterocycles. The van der Waals surface area contributed by atoms with Gasteiger partial charge in [0.15, 0.2) is 5.54 Å². The van der Waals surface area contributed by atoms with Gasteiger partial charge in [0.2, 0.25) is 0 Å². The van der Waals surface area contributed by atoms with Gasteiger partial charge in [-0.15, -0.1) is 0 Å². The highest BCUT2D eigenvalue weighted by atomic mass is 19.4. The number of amides is 3. The molecule has 156 valence electrons. The third-order valence-corrected chi connectivity index (χ3v) is 5.31. The van der Waals surface area contributed by atoms with Crippen molar-refractivity contribution in [3.8, 4) is 6.07 Å². The summed E-state index contributed by atoms with van der Waals surface area (Å²) in [7, 11) is 1.26. The highest BCUT2D eigenvalue weighted by Gasteiger charge is 2.61. The molecular formula is C21H18F3N3O3. The van der Waals surface area contributed by atoms with Gasteiger partial charge in [0.05, 0.1) is 29.0 Å². The van der Waals surface area contributed by atoms with Crippen LogP contribution in [0.3, 0.4) is 0 Å². The van der Waals surface area contributed by atoms with E-state index in [-0.39, 0.29) is 12.0 Å². The van der Waals surface area contributed by atoms with E-state index in [9.17, 15) is 27.9 Å². The molecular weight excluding hydrogens is 399 g/mol. The number of likely N-dealkylation sites (N-methyl/N-ethyl adjacent to an activating group) is 1. The van der Waals surface area contributed by atoms with Crippen LogP contribution in [0.4, 0.5) is 23.7 Å². The second-order valence-corrected chi connectivity index (χ2v) is 6.85. The molecule has 1 saturated heterocycles. The van der Waals surface area contributed by atoms with Crippen LogP contribution in [0.1, 0.15) is 30.0 Å². The molecule has 3 rings (SSSR count). The number of carbonyl (C=O) groups excluding carboxylic acids is 2. The number of imide groups is 1. The maximum absolute atomic E-state index is 13.8. The van der Waals surface area contributed by atoms with Crippen molar-refractivity contribution in [2.45, 2.75) is 31.2 Å². The zero-order valence-corrected chi connectivity index (χ0v) is 16.1. The Kier molecular flexibility index (Phi) is 5.31. The van der Waals surface area contributed by atoms with Gasteiger partial charge in [-0.2, -0.15) is 18.4 Å². The van der Waals surface area contributed by atoms with Gasteiger partial charge in [0.25, 0.3) is 5.91 Å². The molecule has 1 aliphatic heterocycles. The fourth-order valence-electron chi connectivity index (χ4n) is 3.89. The summed E-state index contributed by atoms with van der Waals surface area (Å²) < 4.78 is 41.3. The van der Waals surface area contributed by atoms with Crippen LogP contribution < -0.4 is 4.90 Å². The number of aliphatic hydroxyl groups is 1. The zero-order chi connectivity index (χ0) is 22.3. The Balaban J connectivity index is 2.30. The molecule has 2 aromatic rings. The minimum absolute atomic E-state index is 0.0659. The normalized spacial score (nSPS) is 20.4. The second-order valence-electron chi connectivity index (χ2n) is 6.85. The van der Waals surface area contributed by atoms with Gasteiger partial charge in [-0.3, -0.25) is 4.79 Å². The Labute approximate surface area is 170 Å². The lowest BCUT2D eigenvalue weighted by atomic mass is 9.81. The largest absolute Gasteiger partial charge is 0.419 e. The van der Waals surface area contributed by atoms with E-state index in [2.05, 4.69) is 0 Å². The number of hydrogen-bond acceptors (Lipinski definition) is 4. The molecule has 1 aliphatic rings. The highest BCUT2D eigenvalue weighted by molar-refractivity contribution is 6.24. The number of alkyl halides is 3. The van der Waals surface area contributed by atoms with E-state index < -0.39 is 46.6 Å². The van der Waals surface area contributed by atoms with Gasteiger partial charge in [0.1, 0.15) is 0 Å². The van der Waals surface area contributed by atoms with Gasteiger partial charge in [-0.05, 0) is 24.1 Å². The first-order valence-corrected chi connectivity index (χ1v) is 9.08. The van der Waals surface area contributed by atoms with Crippen LogP contribution in [-0.4, -0.2) is 35.1 Å². The van der Waals surface area contributed by atoms with E-state index in [1.165, 1.54) is 31.3 Å². The number of anilines is 1. The smallest absolute Gasteiger partial charge is 0.390 e. The van der Waals surface area contributed by atoms with Crippen LogP contribution in [0.25, 0.3) is 0 Å². The molecule has 1 N–H and O–H groups in total. The van der Waals surface area contributed by atoms with E-state index in [1.807, 2.05) is 0 Å². The molecule has 2 atom stereocenters. The Morgan fingerprint density at radius 3 is 2.30 bits per heavy atom. The van der Waals surface area contributed by atoms with Gasteiger partial charge in [0, 0.05) is 7.05 Å². The third-order valence-electron chi connectivity index (χ3n) is 5.31. The molecule has 0 spiro atoms. The summed E-state index contributed by atoms with van der Waals surface area (Å²) in [6, 6.07) is 11.5. The number of nitriles is 1. The molecule has 2 aromatic carbocycles. The molecule has 3 amide bonds. The lowest BCUT2D eigenvalue weighted by Crippen LogP contribution is -2.54. The van der Waals surface area contributed by atoms with E-state index in [0.29, 0.717) is 4.90 Å². The molecule has 6 nitrogen and oxygen atoms in total. The van der Waals surface area contributed by atoms with E-state index in [1.54, 1.807) is 25.1 Å². The maximum Gasteiger partial charge on any atom is 0.419 e. The Bertz CT molecular complexity index is 1030.